The number of aliphatic hydroxyl groups is 1. The zero-order valence-corrected chi connectivity index (χ0v) is 24.8. The molecule has 224 valence electrons. The average molecular weight is 567 g/mol. The largest absolute Gasteiger partial charge is 0.465 e. The fourth-order valence-electron chi connectivity index (χ4n) is 7.19. The summed E-state index contributed by atoms with van der Waals surface area (Å²) in [4.78, 5) is 45.9. The number of allylic oxidation sites excluding steroid dienone is 1. The molecule has 3 aliphatic heterocycles. The molecule has 8 heteroatoms. The Morgan fingerprint density at radius 1 is 1.22 bits per heavy atom. The second-order valence-corrected chi connectivity index (χ2v) is 12.1. The molecule has 2 amide bonds. The smallest absolute Gasteiger partial charge is 0.312 e. The van der Waals surface area contributed by atoms with Gasteiger partial charge in [-0.2, -0.15) is 0 Å². The fraction of sp³-hybridized carbons (Fsp3) is 0.606. The number of carbonyl (C=O) groups excluding carboxylic acids is 3. The molecule has 3 saturated heterocycles. The standard InChI is InChI=1S/C33H46N2O6/c1-6-9-10-14-20-40-31(39)27-26-29(37)35(25(22-36)23(4)8-3)28(33(26)18-17-32(27,5)41-33)30(38)34(19-7-2)21-24-15-12-11-13-16-24/h6-7,11-13,15-16,23,25-28,36H,1-2,8-10,14,17-22H2,3-5H3/t23-,25-,26-,27+,28?,32-,33?/m0/s1. The van der Waals surface area contributed by atoms with Crippen LogP contribution in [0.3, 0.4) is 0 Å². The van der Waals surface area contributed by atoms with Gasteiger partial charge in [0.2, 0.25) is 11.8 Å². The van der Waals surface area contributed by atoms with Crippen LogP contribution in [0.2, 0.25) is 0 Å². The van der Waals surface area contributed by atoms with Crippen molar-refractivity contribution in [2.75, 3.05) is 19.8 Å². The quantitative estimate of drug-likeness (QED) is 0.194. The molecule has 0 aliphatic carbocycles. The topological polar surface area (TPSA) is 96.4 Å². The number of benzene rings is 1. The highest BCUT2D eigenvalue weighted by atomic mass is 16.6. The zero-order valence-electron chi connectivity index (χ0n) is 24.8. The molecule has 0 radical (unpaired) electrons. The Labute approximate surface area is 244 Å². The minimum atomic E-state index is -1.17. The number of esters is 1. The molecule has 41 heavy (non-hydrogen) atoms. The van der Waals surface area contributed by atoms with Crippen molar-refractivity contribution in [2.24, 2.45) is 17.8 Å². The summed E-state index contributed by atoms with van der Waals surface area (Å²) in [6.45, 7) is 14.0. The van der Waals surface area contributed by atoms with Crippen LogP contribution in [0.25, 0.3) is 0 Å². The van der Waals surface area contributed by atoms with E-state index >= 15 is 0 Å². The first-order chi connectivity index (χ1) is 19.7. The Balaban J connectivity index is 1.73. The molecule has 3 heterocycles. The van der Waals surface area contributed by atoms with Gasteiger partial charge in [0.1, 0.15) is 17.6 Å². The van der Waals surface area contributed by atoms with Gasteiger partial charge < -0.3 is 24.4 Å². The van der Waals surface area contributed by atoms with Gasteiger partial charge in [0.15, 0.2) is 0 Å². The van der Waals surface area contributed by atoms with Crippen LogP contribution in [-0.4, -0.2) is 75.7 Å². The van der Waals surface area contributed by atoms with E-state index in [9.17, 15) is 19.5 Å². The summed E-state index contributed by atoms with van der Waals surface area (Å²) in [5.74, 6) is -2.75. The predicted molar refractivity (Wildman–Crippen MR) is 156 cm³/mol. The van der Waals surface area contributed by atoms with E-state index in [1.807, 2.05) is 57.2 Å². The fourth-order valence-corrected chi connectivity index (χ4v) is 7.19. The number of nitrogens with zero attached hydrogens (tertiary/aromatic N) is 2. The third kappa shape index (κ3) is 5.61. The lowest BCUT2D eigenvalue weighted by Gasteiger charge is -2.41. The molecule has 0 saturated carbocycles. The average Bonchev–Trinajstić information content (AvgIpc) is 3.54. The molecule has 3 aliphatic rings. The Kier molecular flexibility index (Phi) is 9.75. The molecule has 0 aromatic heterocycles. The van der Waals surface area contributed by atoms with E-state index in [4.69, 9.17) is 9.47 Å². The molecular formula is C33H46N2O6. The number of aliphatic hydroxyl groups excluding tert-OH is 1. The van der Waals surface area contributed by atoms with Crippen LogP contribution in [0.15, 0.2) is 55.6 Å². The van der Waals surface area contributed by atoms with Crippen LogP contribution < -0.4 is 0 Å². The van der Waals surface area contributed by atoms with Crippen LogP contribution in [0.1, 0.15) is 64.9 Å². The van der Waals surface area contributed by atoms with Crippen LogP contribution in [-0.2, 0) is 30.4 Å². The minimum absolute atomic E-state index is 0.0699. The lowest BCUT2D eigenvalue weighted by atomic mass is 9.66. The van der Waals surface area contributed by atoms with Crippen molar-refractivity contribution in [2.45, 2.75) is 89.1 Å². The number of amides is 2. The first-order valence-electron chi connectivity index (χ1n) is 15.0. The number of hydrogen-bond donors (Lipinski definition) is 1. The molecule has 4 rings (SSSR count). The van der Waals surface area contributed by atoms with Gasteiger partial charge in [-0.05, 0) is 50.5 Å². The highest BCUT2D eigenvalue weighted by molar-refractivity contribution is 5.98. The summed E-state index contributed by atoms with van der Waals surface area (Å²) in [5, 5.41) is 10.6. The lowest BCUT2D eigenvalue weighted by Crippen LogP contribution is -2.59. The molecule has 1 N–H and O–H groups in total. The highest BCUT2D eigenvalue weighted by Gasteiger charge is 2.79. The number of rotatable bonds is 15. The SMILES string of the molecule is C=CCCCCOC(=O)[C@H]1[C@H]2C(=O)N([C@@H](CO)[C@@H](C)CC)C(C(=O)N(CC=C)Cc3ccccc3)C23CC[C@]1(C)O3. The van der Waals surface area contributed by atoms with Crippen molar-refractivity contribution in [3.8, 4) is 0 Å². The molecule has 3 fully saturated rings. The van der Waals surface area contributed by atoms with E-state index in [1.165, 1.54) is 0 Å². The van der Waals surface area contributed by atoms with Crippen molar-refractivity contribution in [1.82, 2.24) is 9.80 Å². The van der Waals surface area contributed by atoms with Crippen molar-refractivity contribution < 1.29 is 29.0 Å². The Morgan fingerprint density at radius 2 is 1.95 bits per heavy atom. The van der Waals surface area contributed by atoms with Gasteiger partial charge >= 0.3 is 5.97 Å². The normalized spacial score (nSPS) is 29.6. The Hall–Kier alpha value is -2.97. The second-order valence-electron chi connectivity index (χ2n) is 12.1. The van der Waals surface area contributed by atoms with E-state index < -0.39 is 41.1 Å². The number of ether oxygens (including phenoxy) is 2. The molecule has 2 unspecified atom stereocenters. The van der Waals surface area contributed by atoms with E-state index in [2.05, 4.69) is 13.2 Å². The number of hydrogen-bond acceptors (Lipinski definition) is 6. The molecule has 1 aromatic rings. The van der Waals surface area contributed by atoms with Crippen molar-refractivity contribution >= 4 is 17.8 Å². The summed E-state index contributed by atoms with van der Waals surface area (Å²) >= 11 is 0. The summed E-state index contributed by atoms with van der Waals surface area (Å²) in [7, 11) is 0. The first kappa shape index (κ1) is 31.0. The molecule has 2 bridgehead atoms. The minimum Gasteiger partial charge on any atom is -0.465 e. The molecule has 7 atom stereocenters. The maximum absolute atomic E-state index is 14.6. The van der Waals surface area contributed by atoms with Gasteiger partial charge in [0.05, 0.1) is 30.8 Å². The Morgan fingerprint density at radius 3 is 2.59 bits per heavy atom. The summed E-state index contributed by atoms with van der Waals surface area (Å²) < 4.78 is 12.5. The Bertz CT molecular complexity index is 1120. The lowest BCUT2D eigenvalue weighted by molar-refractivity contribution is -0.162. The van der Waals surface area contributed by atoms with E-state index in [0.717, 1.165) is 18.4 Å². The first-order valence-corrected chi connectivity index (χ1v) is 15.0. The van der Waals surface area contributed by atoms with Crippen molar-refractivity contribution in [1.29, 1.82) is 0 Å². The third-order valence-electron chi connectivity index (χ3n) is 9.47. The monoisotopic (exact) mass is 566 g/mol. The van der Waals surface area contributed by atoms with Gasteiger partial charge in [-0.25, -0.2) is 0 Å². The van der Waals surface area contributed by atoms with E-state index in [1.54, 1.807) is 15.9 Å². The van der Waals surface area contributed by atoms with Crippen LogP contribution in [0, 0.1) is 17.8 Å². The third-order valence-corrected chi connectivity index (χ3v) is 9.47. The van der Waals surface area contributed by atoms with Crippen LogP contribution in [0.4, 0.5) is 0 Å². The van der Waals surface area contributed by atoms with Crippen LogP contribution in [0.5, 0.6) is 0 Å². The molecule has 8 nitrogen and oxygen atoms in total. The van der Waals surface area contributed by atoms with Crippen molar-refractivity contribution in [3.63, 3.8) is 0 Å². The van der Waals surface area contributed by atoms with Gasteiger partial charge in [-0.3, -0.25) is 14.4 Å². The van der Waals surface area contributed by atoms with Gasteiger partial charge in [0, 0.05) is 13.1 Å². The summed E-state index contributed by atoms with van der Waals surface area (Å²) in [5.41, 5.74) is -1.13. The molecular weight excluding hydrogens is 520 g/mol. The highest BCUT2D eigenvalue weighted by Crippen LogP contribution is 2.64. The second kappa shape index (κ2) is 12.9. The predicted octanol–water partition coefficient (Wildman–Crippen LogP) is 4.27. The maximum Gasteiger partial charge on any atom is 0.312 e. The number of likely N-dealkylation sites (tertiary alicyclic amines) is 1. The van der Waals surface area contributed by atoms with E-state index in [0.29, 0.717) is 32.2 Å². The zero-order chi connectivity index (χ0) is 29.8. The van der Waals surface area contributed by atoms with E-state index in [-0.39, 0.29) is 37.5 Å². The van der Waals surface area contributed by atoms with Crippen LogP contribution >= 0.6 is 0 Å². The van der Waals surface area contributed by atoms with Gasteiger partial charge in [-0.1, -0.05) is 62.8 Å². The number of carbonyl (C=O) groups is 3. The summed E-state index contributed by atoms with van der Waals surface area (Å²) in [6, 6.07) is 8.12. The summed E-state index contributed by atoms with van der Waals surface area (Å²) in [6.07, 6.45) is 7.64. The van der Waals surface area contributed by atoms with Gasteiger partial charge in [-0.15, -0.1) is 13.2 Å². The molecule has 1 spiro atoms. The number of fused-ring (bicyclic) bond motifs is 1. The van der Waals surface area contributed by atoms with Gasteiger partial charge in [0.25, 0.3) is 0 Å². The van der Waals surface area contributed by atoms with Crippen molar-refractivity contribution in [3.05, 3.63) is 61.2 Å². The molecule has 1 aromatic carbocycles. The number of unbranched alkanes of at least 4 members (excludes halogenated alkanes) is 2. The maximum atomic E-state index is 14.6.